The number of carbonyl (C=O) groups excluding carboxylic acids is 1. The first-order valence-electron chi connectivity index (χ1n) is 5.81. The molecule has 2 rings (SSSR count). The minimum Gasteiger partial charge on any atom is -0.366 e. The molecule has 1 aromatic carbocycles. The number of aromatic nitrogens is 1. The van der Waals surface area contributed by atoms with Gasteiger partial charge in [0.1, 0.15) is 5.03 Å². The van der Waals surface area contributed by atoms with Crippen LogP contribution in [0.4, 0.5) is 0 Å². The Hall–Kier alpha value is -1.46. The number of hydrogen-bond donors (Lipinski definition) is 1. The average Bonchev–Trinajstić information content (AvgIpc) is 2.46. The van der Waals surface area contributed by atoms with Gasteiger partial charge in [-0.3, -0.25) is 4.79 Å². The largest absolute Gasteiger partial charge is 0.366 e. The predicted molar refractivity (Wildman–Crippen MR) is 81.1 cm³/mol. The van der Waals surface area contributed by atoms with Gasteiger partial charge in [0.2, 0.25) is 5.91 Å². The highest BCUT2D eigenvalue weighted by atomic mass is 33.1. The van der Waals surface area contributed by atoms with Crippen LogP contribution in [0.5, 0.6) is 0 Å². The van der Waals surface area contributed by atoms with E-state index in [1.54, 1.807) is 39.9 Å². The number of carbonyl (C=O) groups is 1. The van der Waals surface area contributed by atoms with Crippen molar-refractivity contribution in [1.82, 2.24) is 4.98 Å². The fraction of sp³-hybridized carbons (Fsp3) is 0.143. The van der Waals surface area contributed by atoms with Crippen molar-refractivity contribution in [3.63, 3.8) is 0 Å². The highest BCUT2D eigenvalue weighted by molar-refractivity contribution is 8.76. The molecule has 0 saturated heterocycles. The third kappa shape index (κ3) is 4.01. The summed E-state index contributed by atoms with van der Waals surface area (Å²) >= 11 is 0. The van der Waals surface area contributed by atoms with Crippen molar-refractivity contribution in [1.29, 1.82) is 0 Å². The molecule has 0 aliphatic heterocycles. The van der Waals surface area contributed by atoms with Gasteiger partial charge in [-0.15, -0.1) is 0 Å². The van der Waals surface area contributed by atoms with E-state index in [1.807, 2.05) is 30.3 Å². The number of pyridine rings is 1. The summed E-state index contributed by atoms with van der Waals surface area (Å²) in [5, 5.41) is 1.31. The maximum Gasteiger partial charge on any atom is 0.248 e. The van der Waals surface area contributed by atoms with E-state index in [2.05, 4.69) is 11.9 Å². The van der Waals surface area contributed by atoms with E-state index in [9.17, 15) is 4.79 Å². The Bertz CT molecular complexity index is 543. The summed E-state index contributed by atoms with van der Waals surface area (Å²) in [7, 11) is 3.38. The van der Waals surface area contributed by atoms with E-state index in [0.717, 1.165) is 5.03 Å². The SMILES string of the molecule is CC(SSc1ccccn1)c1ccc(C(N)=O)cc1. The van der Waals surface area contributed by atoms with Crippen LogP contribution in [-0.4, -0.2) is 10.9 Å². The lowest BCUT2D eigenvalue weighted by Crippen LogP contribution is -2.10. The molecule has 0 aliphatic carbocycles. The van der Waals surface area contributed by atoms with Crippen molar-refractivity contribution in [3.05, 3.63) is 59.8 Å². The first kappa shape index (κ1) is 14.0. The Morgan fingerprint density at radius 1 is 1.21 bits per heavy atom. The fourth-order valence-corrected chi connectivity index (χ4v) is 3.60. The summed E-state index contributed by atoms with van der Waals surface area (Å²) in [5.41, 5.74) is 6.92. The highest BCUT2D eigenvalue weighted by Gasteiger charge is 2.08. The molecule has 98 valence electrons. The highest BCUT2D eigenvalue weighted by Crippen LogP contribution is 2.41. The van der Waals surface area contributed by atoms with Gasteiger partial charge >= 0.3 is 0 Å². The van der Waals surface area contributed by atoms with Gasteiger partial charge in [-0.1, -0.05) is 29.0 Å². The monoisotopic (exact) mass is 290 g/mol. The number of amides is 1. The second-order valence-electron chi connectivity index (χ2n) is 3.98. The smallest absolute Gasteiger partial charge is 0.248 e. The van der Waals surface area contributed by atoms with Crippen LogP contribution in [0.1, 0.15) is 28.1 Å². The van der Waals surface area contributed by atoms with Crippen LogP contribution in [0.25, 0.3) is 0 Å². The number of nitrogens with zero attached hydrogens (tertiary/aromatic N) is 1. The molecule has 5 heteroatoms. The topological polar surface area (TPSA) is 56.0 Å². The Labute approximate surface area is 120 Å². The lowest BCUT2D eigenvalue weighted by atomic mass is 10.1. The van der Waals surface area contributed by atoms with Crippen molar-refractivity contribution in [2.45, 2.75) is 17.2 Å². The first-order valence-corrected chi connectivity index (χ1v) is 8.02. The van der Waals surface area contributed by atoms with Crippen LogP contribution in [0.15, 0.2) is 53.7 Å². The molecule has 1 amide bonds. The Balaban J connectivity index is 1.96. The summed E-state index contributed by atoms with van der Waals surface area (Å²) in [4.78, 5) is 15.3. The Morgan fingerprint density at radius 3 is 2.53 bits per heavy atom. The van der Waals surface area contributed by atoms with Crippen LogP contribution in [0.3, 0.4) is 0 Å². The molecular weight excluding hydrogens is 276 g/mol. The third-order valence-electron chi connectivity index (χ3n) is 2.58. The zero-order chi connectivity index (χ0) is 13.7. The van der Waals surface area contributed by atoms with E-state index in [1.165, 1.54) is 5.56 Å². The van der Waals surface area contributed by atoms with E-state index in [-0.39, 0.29) is 0 Å². The quantitative estimate of drug-likeness (QED) is 0.853. The van der Waals surface area contributed by atoms with Gasteiger partial charge in [0.05, 0.1) is 0 Å². The molecule has 1 heterocycles. The molecule has 1 unspecified atom stereocenters. The summed E-state index contributed by atoms with van der Waals surface area (Å²) in [6, 6.07) is 13.3. The fourth-order valence-electron chi connectivity index (χ4n) is 1.49. The van der Waals surface area contributed by atoms with Gasteiger partial charge in [0.25, 0.3) is 0 Å². The minimum atomic E-state index is -0.394. The molecule has 0 saturated carbocycles. The molecule has 1 atom stereocenters. The predicted octanol–water partition coefficient (Wildman–Crippen LogP) is 3.68. The molecule has 0 bridgehead atoms. The molecule has 19 heavy (non-hydrogen) atoms. The molecule has 1 aromatic heterocycles. The van der Waals surface area contributed by atoms with E-state index < -0.39 is 5.91 Å². The number of nitrogens with two attached hydrogens (primary N) is 1. The van der Waals surface area contributed by atoms with Crippen LogP contribution in [-0.2, 0) is 0 Å². The summed E-state index contributed by atoms with van der Waals surface area (Å²) in [6.45, 7) is 2.12. The standard InChI is InChI=1S/C14H14N2OS2/c1-10(18-19-13-4-2-3-9-16-13)11-5-7-12(8-6-11)14(15)17/h2-10H,1H3,(H2,15,17). The summed E-state index contributed by atoms with van der Waals surface area (Å²) in [6.07, 6.45) is 1.79. The third-order valence-corrected chi connectivity index (χ3v) is 5.32. The van der Waals surface area contributed by atoms with Crippen LogP contribution in [0, 0.1) is 0 Å². The molecule has 0 aliphatic rings. The van der Waals surface area contributed by atoms with E-state index in [0.29, 0.717) is 10.8 Å². The normalized spacial score (nSPS) is 12.1. The maximum atomic E-state index is 11.0. The van der Waals surface area contributed by atoms with Gasteiger partial charge in [-0.05, 0) is 47.5 Å². The maximum absolute atomic E-state index is 11.0. The van der Waals surface area contributed by atoms with Crippen molar-refractivity contribution in [3.8, 4) is 0 Å². The lowest BCUT2D eigenvalue weighted by Gasteiger charge is -2.10. The molecule has 3 nitrogen and oxygen atoms in total. The minimum absolute atomic E-state index is 0.314. The molecular formula is C14H14N2OS2. The zero-order valence-corrected chi connectivity index (χ0v) is 12.1. The second kappa shape index (κ2) is 6.63. The Morgan fingerprint density at radius 2 is 1.95 bits per heavy atom. The van der Waals surface area contributed by atoms with Crippen LogP contribution < -0.4 is 5.73 Å². The van der Waals surface area contributed by atoms with Gasteiger partial charge < -0.3 is 5.73 Å². The molecule has 2 N–H and O–H groups in total. The molecule has 0 spiro atoms. The lowest BCUT2D eigenvalue weighted by molar-refractivity contribution is 0.100. The van der Waals surface area contributed by atoms with Crippen molar-refractivity contribution < 1.29 is 4.79 Å². The van der Waals surface area contributed by atoms with Gasteiger partial charge in [-0.25, -0.2) is 4.98 Å². The number of benzene rings is 1. The molecule has 0 radical (unpaired) electrons. The number of rotatable bonds is 5. The number of primary amides is 1. The van der Waals surface area contributed by atoms with E-state index >= 15 is 0 Å². The van der Waals surface area contributed by atoms with Crippen molar-refractivity contribution >= 4 is 27.5 Å². The average molecular weight is 290 g/mol. The van der Waals surface area contributed by atoms with Crippen molar-refractivity contribution in [2.75, 3.05) is 0 Å². The summed E-state index contributed by atoms with van der Waals surface area (Å²) < 4.78 is 0. The first-order chi connectivity index (χ1) is 9.16. The van der Waals surface area contributed by atoms with Crippen LogP contribution in [0.2, 0.25) is 0 Å². The van der Waals surface area contributed by atoms with Gasteiger partial charge in [-0.2, -0.15) is 0 Å². The molecule has 0 fully saturated rings. The van der Waals surface area contributed by atoms with Crippen LogP contribution >= 0.6 is 21.6 Å². The Kier molecular flexibility index (Phi) is 4.87. The summed E-state index contributed by atoms with van der Waals surface area (Å²) in [5.74, 6) is -0.394. The second-order valence-corrected chi connectivity index (χ2v) is 6.54. The van der Waals surface area contributed by atoms with Gasteiger partial charge in [0, 0.05) is 17.0 Å². The van der Waals surface area contributed by atoms with Crippen molar-refractivity contribution in [2.24, 2.45) is 5.73 Å². The molecule has 2 aromatic rings. The number of hydrogen-bond acceptors (Lipinski definition) is 4. The van der Waals surface area contributed by atoms with E-state index in [4.69, 9.17) is 5.73 Å². The zero-order valence-electron chi connectivity index (χ0n) is 10.4. The van der Waals surface area contributed by atoms with Gasteiger partial charge in [0.15, 0.2) is 0 Å².